The molecule has 0 aromatic carbocycles. The molecule has 0 aromatic heterocycles. The van der Waals surface area contributed by atoms with Crippen LogP contribution in [0.1, 0.15) is 44.9 Å². The quantitative estimate of drug-likeness (QED) is 0.805. The lowest BCUT2D eigenvalue weighted by Gasteiger charge is -2.41. The lowest BCUT2D eigenvalue weighted by Crippen LogP contribution is -2.54. The monoisotopic (exact) mass is 311 g/mol. The minimum atomic E-state index is 0.367. The predicted molar refractivity (Wildman–Crippen MR) is 89.6 cm³/mol. The number of hydrogen-bond acceptors (Lipinski definition) is 3. The highest BCUT2D eigenvalue weighted by Gasteiger charge is 2.26. The highest BCUT2D eigenvalue weighted by atomic mass is 32.1. The van der Waals surface area contributed by atoms with E-state index in [0.29, 0.717) is 6.10 Å². The van der Waals surface area contributed by atoms with Crippen molar-refractivity contribution in [2.75, 3.05) is 39.3 Å². The summed E-state index contributed by atoms with van der Waals surface area (Å²) in [6, 6.07) is 0.842. The summed E-state index contributed by atoms with van der Waals surface area (Å²) in [6.45, 7) is 6.29. The van der Waals surface area contributed by atoms with Gasteiger partial charge in [0.15, 0.2) is 5.11 Å². The van der Waals surface area contributed by atoms with Gasteiger partial charge in [0.25, 0.3) is 0 Å². The van der Waals surface area contributed by atoms with Gasteiger partial charge in [0.2, 0.25) is 0 Å². The standard InChI is InChI=1S/C16H29N3OS/c21-16(17-13-15-7-4-12-20-15)19-10-8-18(9-11-19)14-5-2-1-3-6-14/h14-15H,1-13H2,(H,17,21)/t15-/m0/s1. The molecule has 120 valence electrons. The summed E-state index contributed by atoms with van der Waals surface area (Å²) in [6.07, 6.45) is 9.83. The van der Waals surface area contributed by atoms with Crippen LogP contribution in [0.25, 0.3) is 0 Å². The minimum absolute atomic E-state index is 0.367. The van der Waals surface area contributed by atoms with Crippen molar-refractivity contribution in [1.82, 2.24) is 15.1 Å². The van der Waals surface area contributed by atoms with Crippen LogP contribution >= 0.6 is 12.2 Å². The molecule has 0 bridgehead atoms. The molecule has 5 heteroatoms. The molecule has 2 aliphatic heterocycles. The predicted octanol–water partition coefficient (Wildman–Crippen LogP) is 1.99. The Hall–Kier alpha value is -0.390. The first kappa shape index (κ1) is 15.5. The molecule has 21 heavy (non-hydrogen) atoms. The normalized spacial score (nSPS) is 28.8. The second kappa shape index (κ2) is 7.75. The molecule has 0 spiro atoms. The van der Waals surface area contributed by atoms with Crippen molar-refractivity contribution in [3.8, 4) is 0 Å². The Morgan fingerprint density at radius 3 is 2.43 bits per heavy atom. The van der Waals surface area contributed by atoms with Crippen molar-refractivity contribution >= 4 is 17.3 Å². The maximum Gasteiger partial charge on any atom is 0.169 e. The minimum Gasteiger partial charge on any atom is -0.376 e. The number of ether oxygens (including phenoxy) is 1. The van der Waals surface area contributed by atoms with Gasteiger partial charge in [0, 0.05) is 45.4 Å². The Kier molecular flexibility index (Phi) is 5.72. The highest BCUT2D eigenvalue weighted by molar-refractivity contribution is 7.80. The number of piperazine rings is 1. The van der Waals surface area contributed by atoms with Crippen LogP contribution in [-0.2, 0) is 4.74 Å². The van der Waals surface area contributed by atoms with Gasteiger partial charge >= 0.3 is 0 Å². The van der Waals surface area contributed by atoms with Gasteiger partial charge < -0.3 is 15.0 Å². The van der Waals surface area contributed by atoms with Crippen LogP contribution in [0.5, 0.6) is 0 Å². The number of nitrogens with one attached hydrogen (secondary N) is 1. The van der Waals surface area contributed by atoms with E-state index < -0.39 is 0 Å². The summed E-state index contributed by atoms with van der Waals surface area (Å²) in [5, 5.41) is 4.33. The van der Waals surface area contributed by atoms with Crippen molar-refractivity contribution in [3.63, 3.8) is 0 Å². The smallest absolute Gasteiger partial charge is 0.169 e. The van der Waals surface area contributed by atoms with E-state index >= 15 is 0 Å². The summed E-state index contributed by atoms with van der Waals surface area (Å²) < 4.78 is 5.64. The molecule has 1 N–H and O–H groups in total. The van der Waals surface area contributed by atoms with Crippen molar-refractivity contribution < 1.29 is 4.74 Å². The fraction of sp³-hybridized carbons (Fsp3) is 0.938. The van der Waals surface area contributed by atoms with Gasteiger partial charge in [-0.05, 0) is 37.9 Å². The first-order valence-electron chi connectivity index (χ1n) is 8.71. The molecule has 0 amide bonds. The molecule has 0 radical (unpaired) electrons. The zero-order chi connectivity index (χ0) is 14.5. The van der Waals surface area contributed by atoms with E-state index in [4.69, 9.17) is 17.0 Å². The van der Waals surface area contributed by atoms with Crippen LogP contribution in [-0.4, -0.2) is 66.4 Å². The molecule has 0 unspecified atom stereocenters. The summed E-state index contributed by atoms with van der Waals surface area (Å²) >= 11 is 5.54. The zero-order valence-corrected chi connectivity index (χ0v) is 13.9. The molecule has 3 fully saturated rings. The molecule has 0 aromatic rings. The number of thiocarbonyl (C=S) groups is 1. The van der Waals surface area contributed by atoms with Crippen molar-refractivity contribution in [2.45, 2.75) is 57.1 Å². The average molecular weight is 311 g/mol. The van der Waals surface area contributed by atoms with Crippen LogP contribution in [0, 0.1) is 0 Å². The van der Waals surface area contributed by atoms with E-state index in [1.807, 2.05) is 0 Å². The summed E-state index contributed by atoms with van der Waals surface area (Å²) in [5.41, 5.74) is 0. The van der Waals surface area contributed by atoms with Gasteiger partial charge in [-0.15, -0.1) is 0 Å². The molecule has 1 saturated carbocycles. The van der Waals surface area contributed by atoms with E-state index in [-0.39, 0.29) is 0 Å². The lowest BCUT2D eigenvalue weighted by molar-refractivity contribution is 0.102. The van der Waals surface area contributed by atoms with E-state index in [0.717, 1.165) is 37.4 Å². The highest BCUT2D eigenvalue weighted by Crippen LogP contribution is 2.23. The molecular formula is C16H29N3OS. The van der Waals surface area contributed by atoms with Crippen LogP contribution < -0.4 is 5.32 Å². The number of rotatable bonds is 3. The van der Waals surface area contributed by atoms with E-state index in [9.17, 15) is 0 Å². The molecule has 3 rings (SSSR count). The second-order valence-electron chi connectivity index (χ2n) is 6.64. The third kappa shape index (κ3) is 4.30. The first-order valence-corrected chi connectivity index (χ1v) is 9.12. The maximum absolute atomic E-state index is 5.64. The molecule has 1 atom stereocenters. The number of nitrogens with zero attached hydrogens (tertiary/aromatic N) is 2. The van der Waals surface area contributed by atoms with Gasteiger partial charge in [-0.1, -0.05) is 19.3 Å². The molecule has 1 aliphatic carbocycles. The summed E-state index contributed by atoms with van der Waals surface area (Å²) in [5.74, 6) is 0. The fourth-order valence-corrected chi connectivity index (χ4v) is 4.12. The van der Waals surface area contributed by atoms with Crippen LogP contribution in [0.15, 0.2) is 0 Å². The molecule has 2 saturated heterocycles. The first-order chi connectivity index (χ1) is 10.3. The zero-order valence-electron chi connectivity index (χ0n) is 13.1. The summed E-state index contributed by atoms with van der Waals surface area (Å²) in [4.78, 5) is 5.03. The molecule has 2 heterocycles. The van der Waals surface area contributed by atoms with Crippen LogP contribution in [0.2, 0.25) is 0 Å². The Labute approximate surface area is 134 Å². The van der Waals surface area contributed by atoms with Gasteiger partial charge in [0.1, 0.15) is 0 Å². The van der Waals surface area contributed by atoms with Gasteiger partial charge in [-0.2, -0.15) is 0 Å². The Bertz CT molecular complexity index is 332. The Morgan fingerprint density at radius 1 is 1.00 bits per heavy atom. The van der Waals surface area contributed by atoms with Gasteiger partial charge in [-0.3, -0.25) is 4.90 Å². The largest absolute Gasteiger partial charge is 0.376 e. The van der Waals surface area contributed by atoms with E-state index in [1.54, 1.807) is 0 Å². The van der Waals surface area contributed by atoms with E-state index in [1.165, 1.54) is 58.0 Å². The van der Waals surface area contributed by atoms with Gasteiger partial charge in [-0.25, -0.2) is 0 Å². The van der Waals surface area contributed by atoms with Gasteiger partial charge in [0.05, 0.1) is 6.10 Å². The lowest BCUT2D eigenvalue weighted by atomic mass is 9.94. The maximum atomic E-state index is 5.64. The van der Waals surface area contributed by atoms with Crippen molar-refractivity contribution in [1.29, 1.82) is 0 Å². The van der Waals surface area contributed by atoms with Crippen molar-refractivity contribution in [3.05, 3.63) is 0 Å². The molecule has 3 aliphatic rings. The Morgan fingerprint density at radius 2 is 1.76 bits per heavy atom. The van der Waals surface area contributed by atoms with Crippen LogP contribution in [0.4, 0.5) is 0 Å². The Balaban J connectivity index is 1.37. The van der Waals surface area contributed by atoms with Crippen molar-refractivity contribution in [2.24, 2.45) is 0 Å². The average Bonchev–Trinajstić information content (AvgIpc) is 3.07. The summed E-state index contributed by atoms with van der Waals surface area (Å²) in [7, 11) is 0. The molecular weight excluding hydrogens is 282 g/mol. The second-order valence-corrected chi connectivity index (χ2v) is 7.02. The van der Waals surface area contributed by atoms with E-state index in [2.05, 4.69) is 15.1 Å². The topological polar surface area (TPSA) is 27.7 Å². The number of hydrogen-bond donors (Lipinski definition) is 1. The third-order valence-corrected chi connectivity index (χ3v) is 5.60. The van der Waals surface area contributed by atoms with Crippen LogP contribution in [0.3, 0.4) is 0 Å². The molecule has 4 nitrogen and oxygen atoms in total. The third-order valence-electron chi connectivity index (χ3n) is 5.20. The SMILES string of the molecule is S=C(NC[C@@H]1CCCO1)N1CCN(C2CCCCC2)CC1. The fourth-order valence-electron chi connectivity index (χ4n) is 3.85.